The van der Waals surface area contributed by atoms with Crippen LogP contribution in [0.3, 0.4) is 0 Å². The van der Waals surface area contributed by atoms with Crippen LogP contribution in [-0.2, 0) is 13.2 Å². The highest BCUT2D eigenvalue weighted by atomic mass is 35.5. The normalized spacial score (nSPS) is 19.2. The zero-order chi connectivity index (χ0) is 24.1. The van der Waals surface area contributed by atoms with E-state index < -0.39 is 23.3 Å². The highest BCUT2D eigenvalue weighted by Gasteiger charge is 2.40. The lowest BCUT2D eigenvalue weighted by Crippen LogP contribution is -2.51. The average Bonchev–Trinajstić information content (AvgIpc) is 3.32. The second-order valence-electron chi connectivity index (χ2n) is 8.30. The van der Waals surface area contributed by atoms with E-state index in [1.807, 2.05) is 13.8 Å². The first-order valence-electron chi connectivity index (χ1n) is 10.3. The van der Waals surface area contributed by atoms with Crippen LogP contribution in [0.25, 0.3) is 5.65 Å². The first-order chi connectivity index (χ1) is 15.5. The van der Waals surface area contributed by atoms with Crippen LogP contribution >= 0.6 is 11.6 Å². The summed E-state index contributed by atoms with van der Waals surface area (Å²) in [7, 11) is 1.14. The van der Waals surface area contributed by atoms with Crippen molar-refractivity contribution in [2.75, 3.05) is 13.1 Å². The molecule has 0 saturated carbocycles. The van der Waals surface area contributed by atoms with Crippen molar-refractivity contribution in [2.24, 2.45) is 13.0 Å². The number of amides is 2. The van der Waals surface area contributed by atoms with Crippen LogP contribution in [0.15, 0.2) is 24.7 Å². The van der Waals surface area contributed by atoms with Crippen molar-refractivity contribution >= 4 is 29.1 Å². The van der Waals surface area contributed by atoms with Gasteiger partial charge in [0.15, 0.2) is 11.3 Å². The fraction of sp³-hybridized carbons (Fsp3) is 0.429. The molecule has 0 spiro atoms. The second kappa shape index (κ2) is 8.36. The lowest BCUT2D eigenvalue weighted by molar-refractivity contribution is -0.144. The summed E-state index contributed by atoms with van der Waals surface area (Å²) >= 11 is 6.28. The number of carbonyl (C=O) groups excluding carboxylic acids is 2. The second-order valence-corrected chi connectivity index (χ2v) is 8.70. The van der Waals surface area contributed by atoms with Crippen molar-refractivity contribution in [3.8, 4) is 0 Å². The van der Waals surface area contributed by atoms with Crippen LogP contribution in [0.1, 0.15) is 45.4 Å². The first-order valence-corrected chi connectivity index (χ1v) is 10.7. The number of nitrogens with zero attached hydrogens (tertiary/aromatic N) is 5. The van der Waals surface area contributed by atoms with Gasteiger partial charge in [0.1, 0.15) is 0 Å². The van der Waals surface area contributed by atoms with E-state index in [4.69, 9.17) is 11.6 Å². The largest absolute Gasteiger partial charge is 0.433 e. The highest BCUT2D eigenvalue weighted by Crippen LogP contribution is 2.32. The molecule has 4 heterocycles. The van der Waals surface area contributed by atoms with Gasteiger partial charge >= 0.3 is 6.18 Å². The topological polar surface area (TPSA) is 84.5 Å². The van der Waals surface area contributed by atoms with E-state index in [1.165, 1.54) is 0 Å². The molecule has 1 saturated heterocycles. The van der Waals surface area contributed by atoms with E-state index in [-0.39, 0.29) is 17.9 Å². The highest BCUT2D eigenvalue weighted by molar-refractivity contribution is 6.33. The molecule has 0 aromatic carbocycles. The third-order valence-electron chi connectivity index (χ3n) is 5.95. The van der Waals surface area contributed by atoms with Gasteiger partial charge in [-0.1, -0.05) is 18.5 Å². The fourth-order valence-electron chi connectivity index (χ4n) is 4.19. The number of fused-ring (bicyclic) bond motifs is 1. The number of halogens is 4. The summed E-state index contributed by atoms with van der Waals surface area (Å²) < 4.78 is 42.3. The Bertz CT molecular complexity index is 1230. The minimum atomic E-state index is -4.70. The Morgan fingerprint density at radius 2 is 2.00 bits per heavy atom. The number of hydrogen-bond donors (Lipinski definition) is 1. The van der Waals surface area contributed by atoms with E-state index in [1.54, 1.807) is 27.8 Å². The predicted octanol–water partition coefficient (Wildman–Crippen LogP) is 3.33. The monoisotopic (exact) mass is 482 g/mol. The van der Waals surface area contributed by atoms with Gasteiger partial charge in [-0.2, -0.15) is 18.3 Å². The van der Waals surface area contributed by atoms with E-state index in [0.29, 0.717) is 40.4 Å². The Labute approximate surface area is 192 Å². The molecule has 3 aromatic rings. The molecular formula is C21H22ClF3N6O2. The summed E-state index contributed by atoms with van der Waals surface area (Å²) in [6, 6.07) is 1.19. The molecule has 0 bridgehead atoms. The van der Waals surface area contributed by atoms with Gasteiger partial charge in [0.05, 0.1) is 22.3 Å². The molecule has 33 heavy (non-hydrogen) atoms. The van der Waals surface area contributed by atoms with Gasteiger partial charge < -0.3 is 14.6 Å². The van der Waals surface area contributed by atoms with Gasteiger partial charge in [0.2, 0.25) is 0 Å². The van der Waals surface area contributed by atoms with Crippen LogP contribution in [0.4, 0.5) is 13.2 Å². The molecule has 3 aromatic heterocycles. The molecule has 0 unspecified atom stereocenters. The van der Waals surface area contributed by atoms with Crippen molar-refractivity contribution in [2.45, 2.75) is 32.5 Å². The number of carbonyl (C=O) groups is 2. The van der Waals surface area contributed by atoms with Gasteiger partial charge in [-0.15, -0.1) is 0 Å². The third-order valence-corrected chi connectivity index (χ3v) is 6.23. The smallest absolute Gasteiger partial charge is 0.349 e. The first kappa shape index (κ1) is 23.1. The Balaban J connectivity index is 1.46. The number of rotatable bonds is 3. The summed E-state index contributed by atoms with van der Waals surface area (Å²) in [6.07, 6.45) is -0.0290. The Morgan fingerprint density at radius 1 is 1.27 bits per heavy atom. The molecular weight excluding hydrogens is 461 g/mol. The van der Waals surface area contributed by atoms with E-state index in [0.717, 1.165) is 18.9 Å². The maximum absolute atomic E-state index is 13.3. The number of aryl methyl sites for hydroxylation is 2. The molecule has 1 fully saturated rings. The fourth-order valence-corrected chi connectivity index (χ4v) is 4.45. The number of hydrogen-bond acceptors (Lipinski definition) is 4. The number of nitrogens with one attached hydrogen (secondary N) is 1. The lowest BCUT2D eigenvalue weighted by atomic mass is 9.93. The molecule has 0 aliphatic carbocycles. The predicted molar refractivity (Wildman–Crippen MR) is 114 cm³/mol. The Kier molecular flexibility index (Phi) is 5.85. The van der Waals surface area contributed by atoms with Crippen LogP contribution in [-0.4, -0.2) is 55.0 Å². The quantitative estimate of drug-likeness (QED) is 0.620. The summed E-state index contributed by atoms with van der Waals surface area (Å²) in [5.41, 5.74) is 0.198. The molecule has 0 radical (unpaired) electrons. The average molecular weight is 483 g/mol. The van der Waals surface area contributed by atoms with Crippen molar-refractivity contribution in [3.05, 3.63) is 52.2 Å². The van der Waals surface area contributed by atoms with Gasteiger partial charge in [0.25, 0.3) is 11.8 Å². The minimum Gasteiger partial charge on any atom is -0.349 e. The number of alkyl halides is 3. The number of likely N-dealkylation sites (tertiary alicyclic amines) is 1. The van der Waals surface area contributed by atoms with Gasteiger partial charge in [-0.05, 0) is 25.3 Å². The number of pyridine rings is 1. The standard InChI is InChI=1S/C21H22ClF3N6O2/c1-11-9-30(20(33)13-6-15(22)18-26-7-12(2)31(18)10-13)5-4-16(11)28-19(32)14-8-27-29(3)17(14)21(23,24)25/h6-8,10-11,16H,4-5,9H2,1-3H3,(H,28,32)/t11-,16+/m0/s1. The van der Waals surface area contributed by atoms with Crippen LogP contribution in [0.2, 0.25) is 5.02 Å². The Morgan fingerprint density at radius 3 is 2.67 bits per heavy atom. The van der Waals surface area contributed by atoms with Gasteiger partial charge in [-0.3, -0.25) is 14.3 Å². The SMILES string of the molecule is Cc1cnc2c(Cl)cc(C(=O)N3CC[C@@H](NC(=O)c4cnn(C)c4C(F)(F)F)[C@@H](C)C3)cn12. The Hall–Kier alpha value is -3.08. The molecule has 12 heteroatoms. The van der Waals surface area contributed by atoms with Gasteiger partial charge in [-0.25, -0.2) is 4.98 Å². The molecule has 1 aliphatic rings. The zero-order valence-corrected chi connectivity index (χ0v) is 18.9. The maximum atomic E-state index is 13.3. The van der Waals surface area contributed by atoms with Crippen molar-refractivity contribution in [3.63, 3.8) is 0 Å². The summed E-state index contributed by atoms with van der Waals surface area (Å²) in [6.45, 7) is 4.37. The number of aromatic nitrogens is 4. The van der Waals surface area contributed by atoms with Crippen molar-refractivity contribution in [1.82, 2.24) is 29.4 Å². The summed E-state index contributed by atoms with van der Waals surface area (Å²) in [5.74, 6) is -1.22. The lowest BCUT2D eigenvalue weighted by Gasteiger charge is -2.37. The summed E-state index contributed by atoms with van der Waals surface area (Å²) in [4.78, 5) is 31.5. The molecule has 8 nitrogen and oxygen atoms in total. The molecule has 4 rings (SSSR count). The van der Waals surface area contributed by atoms with Crippen LogP contribution in [0, 0.1) is 12.8 Å². The summed E-state index contributed by atoms with van der Waals surface area (Å²) in [5, 5.41) is 6.63. The molecule has 2 amide bonds. The number of imidazole rings is 1. The van der Waals surface area contributed by atoms with E-state index >= 15 is 0 Å². The molecule has 176 valence electrons. The minimum absolute atomic E-state index is 0.174. The van der Waals surface area contributed by atoms with Crippen LogP contribution in [0.5, 0.6) is 0 Å². The van der Waals surface area contributed by atoms with Crippen LogP contribution < -0.4 is 5.32 Å². The number of piperidine rings is 1. The molecule has 1 N–H and O–H groups in total. The van der Waals surface area contributed by atoms with Crippen molar-refractivity contribution in [1.29, 1.82) is 0 Å². The zero-order valence-electron chi connectivity index (χ0n) is 18.1. The van der Waals surface area contributed by atoms with Gasteiger partial charge in [0, 0.05) is 44.3 Å². The van der Waals surface area contributed by atoms with E-state index in [2.05, 4.69) is 15.4 Å². The van der Waals surface area contributed by atoms with E-state index in [9.17, 15) is 22.8 Å². The molecule has 2 atom stereocenters. The maximum Gasteiger partial charge on any atom is 0.433 e. The molecule has 1 aliphatic heterocycles. The van der Waals surface area contributed by atoms with Crippen molar-refractivity contribution < 1.29 is 22.8 Å². The third kappa shape index (κ3) is 4.29.